The zero-order valence-corrected chi connectivity index (χ0v) is 21.7. The van der Waals surface area contributed by atoms with Gasteiger partial charge in [-0.3, -0.25) is 14.9 Å². The van der Waals surface area contributed by atoms with Crippen LogP contribution in [-0.2, 0) is 0 Å². The molecule has 0 saturated heterocycles. The summed E-state index contributed by atoms with van der Waals surface area (Å²) >= 11 is 0. The number of nitro groups is 1. The van der Waals surface area contributed by atoms with Crippen molar-refractivity contribution in [2.45, 2.75) is 26.7 Å². The largest absolute Gasteiger partial charge is 0.496 e. The topological polar surface area (TPSA) is 109 Å². The first-order chi connectivity index (χ1) is 18.2. The van der Waals surface area contributed by atoms with Crippen LogP contribution in [0.15, 0.2) is 77.1 Å². The van der Waals surface area contributed by atoms with Crippen molar-refractivity contribution in [2.24, 2.45) is 5.10 Å². The second-order valence-corrected chi connectivity index (χ2v) is 8.96. The Morgan fingerprint density at radius 1 is 1.16 bits per heavy atom. The highest BCUT2D eigenvalue weighted by Gasteiger charge is 2.19. The van der Waals surface area contributed by atoms with Gasteiger partial charge in [-0.05, 0) is 54.3 Å². The maximum atomic E-state index is 13.7. The minimum Gasteiger partial charge on any atom is -0.496 e. The number of fused-ring (bicyclic) bond motifs is 1. The van der Waals surface area contributed by atoms with Gasteiger partial charge in [0.1, 0.15) is 18.1 Å². The van der Waals surface area contributed by atoms with Crippen molar-refractivity contribution in [3.63, 3.8) is 0 Å². The van der Waals surface area contributed by atoms with Gasteiger partial charge in [-0.25, -0.2) is 4.98 Å². The third kappa shape index (κ3) is 5.17. The molecule has 0 spiro atoms. The molecular weight excluding hydrogens is 484 g/mol. The van der Waals surface area contributed by atoms with E-state index in [1.807, 2.05) is 25.1 Å². The average molecular weight is 513 g/mol. The Kier molecular flexibility index (Phi) is 7.66. The molecule has 1 heterocycles. The van der Waals surface area contributed by atoms with Gasteiger partial charge >= 0.3 is 0 Å². The van der Waals surface area contributed by atoms with Gasteiger partial charge in [-0.2, -0.15) is 9.78 Å². The molecule has 0 aliphatic heterocycles. The number of aromatic nitrogens is 2. The number of para-hydroxylation sites is 1. The maximum Gasteiger partial charge on any atom is 0.282 e. The van der Waals surface area contributed by atoms with Crippen LogP contribution in [0.2, 0.25) is 0 Å². The van der Waals surface area contributed by atoms with Gasteiger partial charge in [0.2, 0.25) is 0 Å². The Morgan fingerprint density at radius 2 is 1.92 bits per heavy atom. The summed E-state index contributed by atoms with van der Waals surface area (Å²) in [6.45, 7) is 9.87. The van der Waals surface area contributed by atoms with Crippen LogP contribution in [0.5, 0.6) is 11.5 Å². The Morgan fingerprint density at radius 3 is 2.61 bits per heavy atom. The molecule has 0 saturated carbocycles. The van der Waals surface area contributed by atoms with E-state index in [0.717, 1.165) is 22.4 Å². The van der Waals surface area contributed by atoms with Crippen LogP contribution in [0.25, 0.3) is 22.3 Å². The van der Waals surface area contributed by atoms with Crippen molar-refractivity contribution in [3.05, 3.63) is 104 Å². The van der Waals surface area contributed by atoms with Gasteiger partial charge in [0, 0.05) is 23.3 Å². The lowest BCUT2D eigenvalue weighted by Gasteiger charge is -2.17. The molecule has 0 radical (unpaired) electrons. The molecule has 0 unspecified atom stereocenters. The summed E-state index contributed by atoms with van der Waals surface area (Å²) in [6.07, 6.45) is 2.94. The molecule has 9 nitrogen and oxygen atoms in total. The summed E-state index contributed by atoms with van der Waals surface area (Å²) in [5.74, 6) is 1.61. The Labute approximate surface area is 219 Å². The third-order valence-electron chi connectivity index (χ3n) is 6.07. The SMILES string of the molecule is C=CCOc1ccc([N+](=O)[O-])cc1C=Nn1c(-c2cc(C(C)C)c(OC)cc2C)nc2ccccc2c1=O. The minimum atomic E-state index is -0.502. The van der Waals surface area contributed by atoms with E-state index in [9.17, 15) is 14.9 Å². The number of hydrogen-bond acceptors (Lipinski definition) is 7. The van der Waals surface area contributed by atoms with E-state index in [-0.39, 0.29) is 23.8 Å². The molecule has 3 aromatic carbocycles. The fourth-order valence-corrected chi connectivity index (χ4v) is 4.12. The standard InChI is InChI=1S/C29H28N4O5/c1-6-13-38-26-12-11-21(33(35)36)15-20(26)17-30-32-28(31-25-10-8-7-9-22(25)29(32)34)24-16-23(18(2)3)27(37-5)14-19(24)4/h6-12,14-18H,1,13H2,2-5H3. The van der Waals surface area contributed by atoms with Crippen molar-refractivity contribution in [3.8, 4) is 22.9 Å². The lowest BCUT2D eigenvalue weighted by atomic mass is 9.96. The normalized spacial score (nSPS) is 11.3. The number of hydrogen-bond donors (Lipinski definition) is 0. The maximum absolute atomic E-state index is 13.7. The predicted octanol–water partition coefficient (Wildman–Crippen LogP) is 5.86. The number of benzene rings is 3. The van der Waals surface area contributed by atoms with E-state index in [0.29, 0.717) is 28.0 Å². The van der Waals surface area contributed by atoms with Crippen molar-refractivity contribution < 1.29 is 14.4 Å². The van der Waals surface area contributed by atoms with Crippen LogP contribution >= 0.6 is 0 Å². The van der Waals surface area contributed by atoms with Crippen molar-refractivity contribution in [2.75, 3.05) is 13.7 Å². The Balaban J connectivity index is 1.98. The molecule has 0 aliphatic rings. The van der Waals surface area contributed by atoms with Gasteiger partial charge in [0.25, 0.3) is 11.2 Å². The monoisotopic (exact) mass is 512 g/mol. The molecular formula is C29H28N4O5. The number of aryl methyl sites for hydroxylation is 1. The second-order valence-electron chi connectivity index (χ2n) is 8.96. The van der Waals surface area contributed by atoms with Crippen LogP contribution in [0.1, 0.15) is 36.5 Å². The molecule has 194 valence electrons. The van der Waals surface area contributed by atoms with Gasteiger partial charge in [0.15, 0.2) is 5.82 Å². The lowest BCUT2D eigenvalue weighted by molar-refractivity contribution is -0.384. The van der Waals surface area contributed by atoms with Gasteiger partial charge in [0.05, 0.1) is 29.2 Å². The van der Waals surface area contributed by atoms with E-state index in [1.54, 1.807) is 31.4 Å². The zero-order chi connectivity index (χ0) is 27.4. The van der Waals surface area contributed by atoms with Crippen molar-refractivity contribution in [1.82, 2.24) is 9.66 Å². The molecule has 0 fully saturated rings. The number of ether oxygens (including phenoxy) is 2. The number of methoxy groups -OCH3 is 1. The number of nitro benzene ring substituents is 1. The van der Waals surface area contributed by atoms with E-state index in [1.165, 1.54) is 29.1 Å². The first-order valence-corrected chi connectivity index (χ1v) is 12.0. The van der Waals surface area contributed by atoms with E-state index in [2.05, 4.69) is 25.5 Å². The van der Waals surface area contributed by atoms with Crippen LogP contribution in [0, 0.1) is 17.0 Å². The fourth-order valence-electron chi connectivity index (χ4n) is 4.12. The third-order valence-corrected chi connectivity index (χ3v) is 6.07. The molecule has 9 heteroatoms. The molecule has 0 amide bonds. The van der Waals surface area contributed by atoms with Crippen LogP contribution in [0.4, 0.5) is 5.69 Å². The van der Waals surface area contributed by atoms with Gasteiger partial charge in [-0.1, -0.05) is 38.6 Å². The first kappa shape index (κ1) is 26.3. The Hall–Kier alpha value is -4.79. The predicted molar refractivity (Wildman–Crippen MR) is 149 cm³/mol. The molecule has 4 aromatic rings. The van der Waals surface area contributed by atoms with Gasteiger partial charge < -0.3 is 9.47 Å². The number of rotatable bonds is 9. The summed E-state index contributed by atoms with van der Waals surface area (Å²) in [6, 6.07) is 15.1. The van der Waals surface area contributed by atoms with E-state index in [4.69, 9.17) is 14.5 Å². The molecule has 0 bridgehead atoms. The summed E-state index contributed by atoms with van der Waals surface area (Å²) in [5, 5.41) is 16.3. The summed E-state index contributed by atoms with van der Waals surface area (Å²) in [5.41, 5.74) is 2.90. The summed E-state index contributed by atoms with van der Waals surface area (Å²) < 4.78 is 12.5. The summed E-state index contributed by atoms with van der Waals surface area (Å²) in [4.78, 5) is 29.4. The van der Waals surface area contributed by atoms with Gasteiger partial charge in [-0.15, -0.1) is 0 Å². The smallest absolute Gasteiger partial charge is 0.282 e. The Bertz CT molecular complexity index is 1620. The van der Waals surface area contributed by atoms with Crippen molar-refractivity contribution >= 4 is 22.8 Å². The van der Waals surface area contributed by atoms with Crippen molar-refractivity contribution in [1.29, 1.82) is 0 Å². The van der Waals surface area contributed by atoms with E-state index >= 15 is 0 Å². The molecule has 1 aromatic heterocycles. The van der Waals surface area contributed by atoms with Crippen LogP contribution in [-0.4, -0.2) is 34.5 Å². The van der Waals surface area contributed by atoms with Crippen LogP contribution < -0.4 is 15.0 Å². The number of non-ortho nitro benzene ring substituents is 1. The highest BCUT2D eigenvalue weighted by Crippen LogP contribution is 2.34. The fraction of sp³-hybridized carbons (Fsp3) is 0.207. The van der Waals surface area contributed by atoms with E-state index < -0.39 is 4.92 Å². The highest BCUT2D eigenvalue weighted by molar-refractivity contribution is 5.85. The minimum absolute atomic E-state index is 0.130. The summed E-state index contributed by atoms with van der Waals surface area (Å²) in [7, 11) is 1.62. The zero-order valence-electron chi connectivity index (χ0n) is 21.7. The molecule has 0 N–H and O–H groups in total. The van der Waals surface area contributed by atoms with Crippen LogP contribution in [0.3, 0.4) is 0 Å². The molecule has 4 rings (SSSR count). The molecule has 0 aliphatic carbocycles. The molecule has 38 heavy (non-hydrogen) atoms. The number of nitrogens with zero attached hydrogens (tertiary/aromatic N) is 4. The molecule has 0 atom stereocenters. The highest BCUT2D eigenvalue weighted by atomic mass is 16.6. The second kappa shape index (κ2) is 11.1. The quantitative estimate of drug-likeness (QED) is 0.120. The lowest BCUT2D eigenvalue weighted by Crippen LogP contribution is -2.21. The average Bonchev–Trinajstić information content (AvgIpc) is 2.91. The first-order valence-electron chi connectivity index (χ1n) is 12.0.